The van der Waals surface area contributed by atoms with Crippen LogP contribution in [0.1, 0.15) is 45.4 Å². The predicted octanol–water partition coefficient (Wildman–Crippen LogP) is 2.38. The summed E-state index contributed by atoms with van der Waals surface area (Å²) in [7, 11) is 0. The summed E-state index contributed by atoms with van der Waals surface area (Å²) in [5.41, 5.74) is 0. The molecule has 0 amide bonds. The van der Waals surface area contributed by atoms with Gasteiger partial charge in [-0.2, -0.15) is 0 Å². The van der Waals surface area contributed by atoms with Gasteiger partial charge in [-0.15, -0.1) is 0 Å². The first-order valence-corrected chi connectivity index (χ1v) is 8.20. The molecule has 3 rings (SSSR count). The van der Waals surface area contributed by atoms with Crippen LogP contribution >= 0.6 is 0 Å². The molecule has 0 radical (unpaired) electrons. The Kier molecular flexibility index (Phi) is 4.41. The summed E-state index contributed by atoms with van der Waals surface area (Å²) in [6.45, 7) is 6.50. The standard InChI is InChI=1S/C16H27N3O/c1-3-7-17-14(11-16-18-8-9-19(16)4-2)13-10-12-5-6-15(13)20-12/h8-9,12-15,17H,3-7,10-11H2,1-2H3. The van der Waals surface area contributed by atoms with Crippen molar-refractivity contribution in [3.05, 3.63) is 18.2 Å². The number of hydrogen-bond donors (Lipinski definition) is 1. The van der Waals surface area contributed by atoms with Crippen LogP contribution in [0.3, 0.4) is 0 Å². The van der Waals surface area contributed by atoms with Gasteiger partial charge in [0.1, 0.15) is 5.82 Å². The number of nitrogens with one attached hydrogen (secondary N) is 1. The van der Waals surface area contributed by atoms with Crippen LogP contribution in [0, 0.1) is 5.92 Å². The molecular weight excluding hydrogens is 250 g/mol. The van der Waals surface area contributed by atoms with Crippen molar-refractivity contribution in [1.29, 1.82) is 0 Å². The number of hydrogen-bond acceptors (Lipinski definition) is 3. The first kappa shape index (κ1) is 14.1. The SMILES string of the molecule is CCCNC(Cc1nccn1CC)C1CC2CCC1O2. The van der Waals surface area contributed by atoms with Crippen molar-refractivity contribution in [3.63, 3.8) is 0 Å². The maximum atomic E-state index is 6.05. The van der Waals surface area contributed by atoms with E-state index >= 15 is 0 Å². The molecule has 1 aromatic rings. The van der Waals surface area contributed by atoms with E-state index in [1.54, 1.807) is 0 Å². The Morgan fingerprint density at radius 3 is 3.00 bits per heavy atom. The molecule has 20 heavy (non-hydrogen) atoms. The highest BCUT2D eigenvalue weighted by Gasteiger charge is 2.44. The summed E-state index contributed by atoms with van der Waals surface area (Å²) < 4.78 is 8.31. The zero-order valence-electron chi connectivity index (χ0n) is 12.7. The normalized spacial score (nSPS) is 30.0. The Hall–Kier alpha value is -0.870. The highest BCUT2D eigenvalue weighted by atomic mass is 16.5. The molecular formula is C16H27N3O. The molecule has 4 heteroatoms. The van der Waals surface area contributed by atoms with Crippen LogP contribution in [-0.2, 0) is 17.7 Å². The fraction of sp³-hybridized carbons (Fsp3) is 0.812. The second-order valence-corrected chi connectivity index (χ2v) is 6.17. The van der Waals surface area contributed by atoms with Crippen molar-refractivity contribution in [2.45, 2.75) is 70.7 Å². The lowest BCUT2D eigenvalue weighted by Gasteiger charge is -2.29. The maximum Gasteiger partial charge on any atom is 0.110 e. The van der Waals surface area contributed by atoms with Gasteiger partial charge in [0.15, 0.2) is 0 Å². The lowest BCUT2D eigenvalue weighted by Crippen LogP contribution is -2.43. The van der Waals surface area contributed by atoms with Gasteiger partial charge < -0.3 is 14.6 Å². The molecule has 0 aliphatic carbocycles. The minimum Gasteiger partial charge on any atom is -0.375 e. The van der Waals surface area contributed by atoms with Gasteiger partial charge in [-0.3, -0.25) is 0 Å². The van der Waals surface area contributed by atoms with Crippen molar-refractivity contribution in [3.8, 4) is 0 Å². The average Bonchev–Trinajstić information content (AvgIpc) is 3.18. The largest absolute Gasteiger partial charge is 0.375 e. The number of fused-ring (bicyclic) bond motifs is 2. The Morgan fingerprint density at radius 1 is 1.45 bits per heavy atom. The predicted molar refractivity (Wildman–Crippen MR) is 79.7 cm³/mol. The van der Waals surface area contributed by atoms with Gasteiger partial charge in [0.05, 0.1) is 12.2 Å². The monoisotopic (exact) mass is 277 g/mol. The van der Waals surface area contributed by atoms with E-state index in [4.69, 9.17) is 4.74 Å². The third-order valence-electron chi connectivity index (χ3n) is 4.87. The molecule has 2 bridgehead atoms. The molecule has 3 heterocycles. The first-order valence-electron chi connectivity index (χ1n) is 8.20. The van der Waals surface area contributed by atoms with Crippen LogP contribution in [0.2, 0.25) is 0 Å². The first-order chi connectivity index (χ1) is 9.81. The number of ether oxygens (including phenoxy) is 1. The maximum absolute atomic E-state index is 6.05. The number of nitrogens with zero attached hydrogens (tertiary/aromatic N) is 2. The van der Waals surface area contributed by atoms with Crippen LogP contribution in [0.25, 0.3) is 0 Å². The second kappa shape index (κ2) is 6.27. The molecule has 0 aromatic carbocycles. The number of aromatic nitrogens is 2. The summed E-state index contributed by atoms with van der Waals surface area (Å²) in [6, 6.07) is 0.512. The van der Waals surface area contributed by atoms with Crippen molar-refractivity contribution < 1.29 is 4.74 Å². The Labute approximate surface area is 121 Å². The van der Waals surface area contributed by atoms with Gasteiger partial charge in [0.25, 0.3) is 0 Å². The van der Waals surface area contributed by atoms with Gasteiger partial charge in [0.2, 0.25) is 0 Å². The second-order valence-electron chi connectivity index (χ2n) is 6.17. The van der Waals surface area contributed by atoms with E-state index in [1.807, 2.05) is 6.20 Å². The van der Waals surface area contributed by atoms with Crippen molar-refractivity contribution in [2.24, 2.45) is 5.92 Å². The molecule has 0 saturated carbocycles. The fourth-order valence-electron chi connectivity index (χ4n) is 3.82. The number of aryl methyl sites for hydroxylation is 1. The van der Waals surface area contributed by atoms with Gasteiger partial charge in [-0.1, -0.05) is 6.92 Å². The molecule has 2 fully saturated rings. The lowest BCUT2D eigenvalue weighted by molar-refractivity contribution is 0.0855. The molecule has 2 aliphatic rings. The van der Waals surface area contributed by atoms with E-state index in [0.29, 0.717) is 24.2 Å². The van der Waals surface area contributed by atoms with Crippen LogP contribution in [-0.4, -0.2) is 34.3 Å². The minimum absolute atomic E-state index is 0.486. The summed E-state index contributed by atoms with van der Waals surface area (Å²) in [5.74, 6) is 1.88. The third-order valence-corrected chi connectivity index (χ3v) is 4.87. The topological polar surface area (TPSA) is 39.1 Å². The Balaban J connectivity index is 1.69. The average molecular weight is 277 g/mol. The van der Waals surface area contributed by atoms with Crippen molar-refractivity contribution in [1.82, 2.24) is 14.9 Å². The van der Waals surface area contributed by atoms with Crippen molar-refractivity contribution >= 4 is 0 Å². The van der Waals surface area contributed by atoms with E-state index in [9.17, 15) is 0 Å². The summed E-state index contributed by atoms with van der Waals surface area (Å²) in [5, 5.41) is 3.75. The molecule has 1 N–H and O–H groups in total. The summed E-state index contributed by atoms with van der Waals surface area (Å²) >= 11 is 0. The third kappa shape index (κ3) is 2.77. The summed E-state index contributed by atoms with van der Waals surface area (Å²) in [6.07, 6.45) is 11.0. The Morgan fingerprint density at radius 2 is 2.35 bits per heavy atom. The fourth-order valence-corrected chi connectivity index (χ4v) is 3.82. The summed E-state index contributed by atoms with van der Waals surface area (Å²) in [4.78, 5) is 4.55. The molecule has 4 unspecified atom stereocenters. The van der Waals surface area contributed by atoms with E-state index in [1.165, 1.54) is 31.5 Å². The molecule has 4 atom stereocenters. The van der Waals surface area contributed by atoms with Crippen LogP contribution in [0.15, 0.2) is 12.4 Å². The van der Waals surface area contributed by atoms with Crippen molar-refractivity contribution in [2.75, 3.05) is 6.54 Å². The van der Waals surface area contributed by atoms with E-state index < -0.39 is 0 Å². The Bertz CT molecular complexity index is 431. The van der Waals surface area contributed by atoms with Crippen LogP contribution < -0.4 is 5.32 Å². The van der Waals surface area contributed by atoms with E-state index in [2.05, 4.69) is 34.9 Å². The highest BCUT2D eigenvalue weighted by molar-refractivity contribution is 5.01. The quantitative estimate of drug-likeness (QED) is 0.831. The molecule has 2 saturated heterocycles. The number of imidazole rings is 1. The lowest BCUT2D eigenvalue weighted by atomic mass is 9.82. The van der Waals surface area contributed by atoms with Crippen LogP contribution in [0.4, 0.5) is 0 Å². The minimum atomic E-state index is 0.486. The molecule has 2 aliphatic heterocycles. The highest BCUT2D eigenvalue weighted by Crippen LogP contribution is 2.41. The molecule has 1 aromatic heterocycles. The van der Waals surface area contributed by atoms with E-state index in [-0.39, 0.29) is 0 Å². The molecule has 0 spiro atoms. The van der Waals surface area contributed by atoms with Gasteiger partial charge in [-0.25, -0.2) is 4.98 Å². The van der Waals surface area contributed by atoms with Gasteiger partial charge in [-0.05, 0) is 39.2 Å². The molecule has 4 nitrogen and oxygen atoms in total. The zero-order chi connectivity index (χ0) is 13.9. The van der Waals surface area contributed by atoms with Crippen LogP contribution in [0.5, 0.6) is 0 Å². The smallest absolute Gasteiger partial charge is 0.110 e. The van der Waals surface area contributed by atoms with Gasteiger partial charge >= 0.3 is 0 Å². The number of rotatable bonds is 7. The molecule has 112 valence electrons. The van der Waals surface area contributed by atoms with E-state index in [0.717, 1.165) is 19.5 Å². The zero-order valence-corrected chi connectivity index (χ0v) is 12.7. The van der Waals surface area contributed by atoms with Gasteiger partial charge in [0, 0.05) is 37.3 Å².